The smallest absolute Gasteiger partial charge is 0.142 e. The van der Waals surface area contributed by atoms with Crippen LogP contribution in [0.4, 0.5) is 8.78 Å². The molecule has 0 saturated heterocycles. The van der Waals surface area contributed by atoms with E-state index in [2.05, 4.69) is 15.9 Å². The Morgan fingerprint density at radius 3 is 2.47 bits per heavy atom. The van der Waals surface area contributed by atoms with Gasteiger partial charge in [0.25, 0.3) is 0 Å². The summed E-state index contributed by atoms with van der Waals surface area (Å²) in [4.78, 5) is 0.909. The van der Waals surface area contributed by atoms with Crippen LogP contribution in [0.2, 0.25) is 0 Å². The molecule has 2 rings (SSSR count). The van der Waals surface area contributed by atoms with Crippen LogP contribution < -0.4 is 5.73 Å². The van der Waals surface area contributed by atoms with E-state index in [0.29, 0.717) is 15.8 Å². The van der Waals surface area contributed by atoms with Crippen LogP contribution in [0.25, 0.3) is 0 Å². The fraction of sp³-hybridized carbons (Fsp3) is 0.143. The van der Waals surface area contributed by atoms with E-state index in [0.717, 1.165) is 4.90 Å². The van der Waals surface area contributed by atoms with Crippen LogP contribution in [0.1, 0.15) is 11.6 Å². The first-order valence-corrected chi connectivity index (χ1v) is 7.43. The van der Waals surface area contributed by atoms with Crippen LogP contribution in [0, 0.1) is 11.6 Å². The summed E-state index contributed by atoms with van der Waals surface area (Å²) >= 11 is 4.61. The Morgan fingerprint density at radius 1 is 1.11 bits per heavy atom. The molecule has 0 bridgehead atoms. The highest BCUT2D eigenvalue weighted by atomic mass is 79.9. The van der Waals surface area contributed by atoms with Crippen LogP contribution in [-0.4, -0.2) is 5.75 Å². The molecule has 0 aliphatic heterocycles. The van der Waals surface area contributed by atoms with Crippen LogP contribution in [0.3, 0.4) is 0 Å². The molecule has 19 heavy (non-hydrogen) atoms. The minimum absolute atomic E-state index is 0.272. The summed E-state index contributed by atoms with van der Waals surface area (Å²) in [6, 6.07) is 10.8. The molecule has 0 aromatic heterocycles. The van der Waals surface area contributed by atoms with Crippen molar-refractivity contribution in [2.75, 3.05) is 5.75 Å². The van der Waals surface area contributed by atoms with Crippen molar-refractivity contribution in [2.24, 2.45) is 5.73 Å². The van der Waals surface area contributed by atoms with E-state index >= 15 is 0 Å². The number of rotatable bonds is 4. The molecule has 1 atom stereocenters. The van der Waals surface area contributed by atoms with Gasteiger partial charge in [-0.1, -0.05) is 12.1 Å². The molecule has 0 radical (unpaired) electrons. The maximum Gasteiger partial charge on any atom is 0.142 e. The zero-order valence-electron chi connectivity index (χ0n) is 9.95. The molecule has 0 aliphatic rings. The SMILES string of the molecule is NC(CSc1ccc(F)cc1)c1cccc(Br)c1F. The van der Waals surface area contributed by atoms with Gasteiger partial charge >= 0.3 is 0 Å². The molecule has 0 spiro atoms. The fourth-order valence-corrected chi connectivity index (χ4v) is 2.88. The topological polar surface area (TPSA) is 26.0 Å². The molecular formula is C14H12BrF2NS. The number of nitrogens with two attached hydrogens (primary N) is 1. The lowest BCUT2D eigenvalue weighted by Gasteiger charge is -2.13. The first kappa shape index (κ1) is 14.5. The van der Waals surface area contributed by atoms with Crippen molar-refractivity contribution >= 4 is 27.7 Å². The zero-order valence-corrected chi connectivity index (χ0v) is 12.3. The summed E-state index contributed by atoms with van der Waals surface area (Å²) in [5.41, 5.74) is 6.46. The Kier molecular flexibility index (Phi) is 4.96. The van der Waals surface area contributed by atoms with Crippen molar-refractivity contribution in [3.8, 4) is 0 Å². The van der Waals surface area contributed by atoms with Gasteiger partial charge in [-0.3, -0.25) is 0 Å². The van der Waals surface area contributed by atoms with Crippen molar-refractivity contribution in [3.63, 3.8) is 0 Å². The monoisotopic (exact) mass is 343 g/mol. The quantitative estimate of drug-likeness (QED) is 0.826. The third-order valence-corrected chi connectivity index (χ3v) is 4.37. The summed E-state index contributed by atoms with van der Waals surface area (Å²) in [7, 11) is 0. The highest BCUT2D eigenvalue weighted by molar-refractivity contribution is 9.10. The van der Waals surface area contributed by atoms with Crippen LogP contribution >= 0.6 is 27.7 Å². The average molecular weight is 344 g/mol. The van der Waals surface area contributed by atoms with Crippen molar-refractivity contribution in [1.82, 2.24) is 0 Å². The molecule has 0 heterocycles. The van der Waals surface area contributed by atoms with Gasteiger partial charge in [-0.25, -0.2) is 8.78 Å². The largest absolute Gasteiger partial charge is 0.323 e. The summed E-state index contributed by atoms with van der Waals surface area (Å²) in [6.07, 6.45) is 0. The number of thioether (sulfide) groups is 1. The van der Waals surface area contributed by atoms with E-state index in [9.17, 15) is 8.78 Å². The standard InChI is InChI=1S/C14H12BrF2NS/c15-12-3-1-2-11(14(12)17)13(18)8-19-10-6-4-9(16)5-7-10/h1-7,13H,8,18H2. The lowest BCUT2D eigenvalue weighted by molar-refractivity contribution is 0.589. The van der Waals surface area contributed by atoms with Gasteiger partial charge in [-0.15, -0.1) is 11.8 Å². The number of benzene rings is 2. The van der Waals surface area contributed by atoms with Gasteiger partial charge in [-0.2, -0.15) is 0 Å². The van der Waals surface area contributed by atoms with Gasteiger partial charge in [0.1, 0.15) is 11.6 Å². The van der Waals surface area contributed by atoms with Crippen molar-refractivity contribution in [2.45, 2.75) is 10.9 Å². The van der Waals surface area contributed by atoms with Crippen LogP contribution in [0.5, 0.6) is 0 Å². The van der Waals surface area contributed by atoms with Gasteiger partial charge < -0.3 is 5.73 Å². The molecule has 100 valence electrons. The third kappa shape index (κ3) is 3.78. The molecular weight excluding hydrogens is 332 g/mol. The Hall–Kier alpha value is -0.910. The van der Waals surface area contributed by atoms with Gasteiger partial charge in [0.15, 0.2) is 0 Å². The molecule has 0 fully saturated rings. The third-order valence-electron chi connectivity index (χ3n) is 2.62. The average Bonchev–Trinajstić information content (AvgIpc) is 2.41. The number of hydrogen-bond donors (Lipinski definition) is 1. The first-order chi connectivity index (χ1) is 9.08. The fourth-order valence-electron chi connectivity index (χ4n) is 1.61. The first-order valence-electron chi connectivity index (χ1n) is 5.66. The Morgan fingerprint density at radius 2 is 1.79 bits per heavy atom. The molecule has 2 N–H and O–H groups in total. The maximum atomic E-state index is 13.8. The van der Waals surface area contributed by atoms with Gasteiger partial charge in [0.2, 0.25) is 0 Å². The van der Waals surface area contributed by atoms with E-state index in [1.165, 1.54) is 23.9 Å². The minimum atomic E-state index is -0.410. The molecule has 0 aliphatic carbocycles. The molecule has 2 aromatic rings. The van der Waals surface area contributed by atoms with Gasteiger partial charge in [0, 0.05) is 22.3 Å². The van der Waals surface area contributed by atoms with Gasteiger partial charge in [-0.05, 0) is 46.3 Å². The predicted molar refractivity (Wildman–Crippen MR) is 78.2 cm³/mol. The highest BCUT2D eigenvalue weighted by Gasteiger charge is 2.13. The normalized spacial score (nSPS) is 12.4. The molecule has 1 unspecified atom stereocenters. The molecule has 0 amide bonds. The second-order valence-corrected chi connectivity index (χ2v) is 5.96. The maximum absolute atomic E-state index is 13.8. The Labute approximate surface area is 123 Å². The number of halogens is 3. The zero-order chi connectivity index (χ0) is 13.8. The summed E-state index contributed by atoms with van der Waals surface area (Å²) in [5.74, 6) is -0.0691. The molecule has 2 aromatic carbocycles. The molecule has 5 heteroatoms. The van der Waals surface area contributed by atoms with Crippen LogP contribution in [-0.2, 0) is 0 Å². The van der Waals surface area contributed by atoms with E-state index in [4.69, 9.17) is 5.73 Å². The van der Waals surface area contributed by atoms with Crippen molar-refractivity contribution < 1.29 is 8.78 Å². The number of hydrogen-bond acceptors (Lipinski definition) is 2. The minimum Gasteiger partial charge on any atom is -0.323 e. The van der Waals surface area contributed by atoms with Gasteiger partial charge in [0.05, 0.1) is 4.47 Å². The Balaban J connectivity index is 2.03. The predicted octanol–water partition coefficient (Wildman–Crippen LogP) is 4.52. The second kappa shape index (κ2) is 6.50. The molecule has 1 nitrogen and oxygen atoms in total. The van der Waals surface area contributed by atoms with E-state index in [-0.39, 0.29) is 11.6 Å². The second-order valence-electron chi connectivity index (χ2n) is 4.01. The summed E-state index contributed by atoms with van der Waals surface area (Å²) in [6.45, 7) is 0. The van der Waals surface area contributed by atoms with Crippen molar-refractivity contribution in [1.29, 1.82) is 0 Å². The summed E-state index contributed by atoms with van der Waals surface area (Å²) in [5, 5.41) is 0. The van der Waals surface area contributed by atoms with E-state index < -0.39 is 6.04 Å². The lowest BCUT2D eigenvalue weighted by atomic mass is 10.1. The highest BCUT2D eigenvalue weighted by Crippen LogP contribution is 2.27. The lowest BCUT2D eigenvalue weighted by Crippen LogP contribution is -2.14. The van der Waals surface area contributed by atoms with E-state index in [1.807, 2.05) is 0 Å². The summed E-state index contributed by atoms with van der Waals surface area (Å²) < 4.78 is 27.0. The molecule has 0 saturated carbocycles. The van der Waals surface area contributed by atoms with E-state index in [1.54, 1.807) is 30.3 Å². The van der Waals surface area contributed by atoms with Crippen LogP contribution in [0.15, 0.2) is 51.8 Å². The Bertz CT molecular complexity index is 560. The van der Waals surface area contributed by atoms with Crippen molar-refractivity contribution in [3.05, 3.63) is 64.1 Å².